The van der Waals surface area contributed by atoms with Gasteiger partial charge in [-0.05, 0) is 36.9 Å². The Labute approximate surface area is 111 Å². The van der Waals surface area contributed by atoms with Gasteiger partial charge in [-0.1, -0.05) is 0 Å². The number of halogens is 1. The number of nitrogens with zero attached hydrogens (tertiary/aromatic N) is 1. The molecule has 0 aliphatic heterocycles. The van der Waals surface area contributed by atoms with Gasteiger partial charge in [0.1, 0.15) is 5.82 Å². The standard InChI is InChI=1S/C13H17FN2OS/c1-9(13(8-17)18-2)16-7-11-3-10(6-15)4-12(14)5-11/h3-5,9,13,16-17H,7-8H2,1-2H3. The van der Waals surface area contributed by atoms with Gasteiger partial charge in [-0.25, -0.2) is 4.39 Å². The third kappa shape index (κ3) is 4.30. The fourth-order valence-electron chi connectivity index (χ4n) is 1.66. The third-order valence-electron chi connectivity index (χ3n) is 2.76. The Morgan fingerprint density at radius 1 is 1.50 bits per heavy atom. The highest BCUT2D eigenvalue weighted by molar-refractivity contribution is 7.99. The molecule has 2 atom stereocenters. The van der Waals surface area contributed by atoms with Gasteiger partial charge in [0.15, 0.2) is 0 Å². The van der Waals surface area contributed by atoms with E-state index in [2.05, 4.69) is 5.32 Å². The highest BCUT2D eigenvalue weighted by atomic mass is 32.2. The van der Waals surface area contributed by atoms with E-state index in [0.29, 0.717) is 12.1 Å². The number of nitriles is 1. The number of nitrogens with one attached hydrogen (secondary N) is 1. The first-order valence-corrected chi connectivity index (χ1v) is 6.96. The molecule has 0 aliphatic carbocycles. The van der Waals surface area contributed by atoms with Crippen LogP contribution >= 0.6 is 11.8 Å². The number of thioether (sulfide) groups is 1. The Morgan fingerprint density at radius 3 is 2.78 bits per heavy atom. The molecule has 0 bridgehead atoms. The molecule has 0 saturated carbocycles. The average Bonchev–Trinajstić information content (AvgIpc) is 2.37. The van der Waals surface area contributed by atoms with Crippen molar-refractivity contribution in [3.05, 3.63) is 35.1 Å². The minimum absolute atomic E-state index is 0.0991. The molecular weight excluding hydrogens is 251 g/mol. The minimum atomic E-state index is -0.401. The maximum atomic E-state index is 13.2. The summed E-state index contributed by atoms with van der Waals surface area (Å²) in [6.45, 7) is 2.55. The van der Waals surface area contributed by atoms with E-state index in [1.165, 1.54) is 12.1 Å². The van der Waals surface area contributed by atoms with Gasteiger partial charge in [0.25, 0.3) is 0 Å². The van der Waals surface area contributed by atoms with Crippen molar-refractivity contribution in [1.29, 1.82) is 5.26 Å². The fraction of sp³-hybridized carbons (Fsp3) is 0.462. The second-order valence-corrected chi connectivity index (χ2v) is 5.16. The van der Waals surface area contributed by atoms with Crippen molar-refractivity contribution >= 4 is 11.8 Å². The Balaban J connectivity index is 2.63. The summed E-state index contributed by atoms with van der Waals surface area (Å²) in [5.74, 6) is -0.401. The molecule has 0 heterocycles. The summed E-state index contributed by atoms with van der Waals surface area (Å²) >= 11 is 1.59. The van der Waals surface area contributed by atoms with E-state index in [-0.39, 0.29) is 17.9 Å². The number of hydrogen-bond donors (Lipinski definition) is 2. The molecule has 0 radical (unpaired) electrons. The van der Waals surface area contributed by atoms with E-state index < -0.39 is 5.82 Å². The van der Waals surface area contributed by atoms with E-state index in [1.54, 1.807) is 17.8 Å². The van der Waals surface area contributed by atoms with Crippen molar-refractivity contribution in [3.8, 4) is 6.07 Å². The van der Waals surface area contributed by atoms with Gasteiger partial charge in [0.05, 0.1) is 18.2 Å². The van der Waals surface area contributed by atoms with Crippen LogP contribution in [0, 0.1) is 17.1 Å². The predicted molar refractivity (Wildman–Crippen MR) is 71.8 cm³/mol. The number of benzene rings is 1. The van der Waals surface area contributed by atoms with Gasteiger partial charge < -0.3 is 10.4 Å². The summed E-state index contributed by atoms with van der Waals surface area (Å²) in [5.41, 5.74) is 1.05. The van der Waals surface area contributed by atoms with Crippen LogP contribution in [-0.2, 0) is 6.54 Å². The zero-order chi connectivity index (χ0) is 13.5. The first-order valence-electron chi connectivity index (χ1n) is 5.67. The molecule has 0 saturated heterocycles. The molecule has 0 aromatic heterocycles. The number of rotatable bonds is 6. The van der Waals surface area contributed by atoms with Gasteiger partial charge in [-0.2, -0.15) is 17.0 Å². The maximum Gasteiger partial charge on any atom is 0.124 e. The van der Waals surface area contributed by atoms with Gasteiger partial charge in [0, 0.05) is 17.8 Å². The Bertz CT molecular complexity index is 429. The smallest absolute Gasteiger partial charge is 0.124 e. The minimum Gasteiger partial charge on any atom is -0.395 e. The molecule has 3 nitrogen and oxygen atoms in total. The Morgan fingerprint density at radius 2 is 2.22 bits per heavy atom. The van der Waals surface area contributed by atoms with Crippen LogP contribution in [0.5, 0.6) is 0 Å². The van der Waals surface area contributed by atoms with Crippen LogP contribution in [0.2, 0.25) is 0 Å². The second kappa shape index (κ2) is 7.37. The molecule has 2 unspecified atom stereocenters. The SMILES string of the molecule is CSC(CO)C(C)NCc1cc(F)cc(C#N)c1. The summed E-state index contributed by atoms with van der Waals surface area (Å²) in [6, 6.07) is 6.33. The average molecular weight is 268 g/mol. The lowest BCUT2D eigenvalue weighted by atomic mass is 10.1. The van der Waals surface area contributed by atoms with Crippen molar-refractivity contribution in [1.82, 2.24) is 5.32 Å². The van der Waals surface area contributed by atoms with Crippen LogP contribution in [0.4, 0.5) is 4.39 Å². The molecular formula is C13H17FN2OS. The highest BCUT2D eigenvalue weighted by Crippen LogP contribution is 2.12. The first kappa shape index (κ1) is 15.0. The Hall–Kier alpha value is -1.09. The lowest BCUT2D eigenvalue weighted by Gasteiger charge is -2.21. The molecule has 1 rings (SSSR count). The lowest BCUT2D eigenvalue weighted by molar-refractivity contribution is 0.276. The molecule has 18 heavy (non-hydrogen) atoms. The fourth-order valence-corrected chi connectivity index (χ4v) is 2.32. The molecule has 5 heteroatoms. The quantitative estimate of drug-likeness (QED) is 0.827. The molecule has 0 spiro atoms. The van der Waals surface area contributed by atoms with Gasteiger partial charge >= 0.3 is 0 Å². The second-order valence-electron chi connectivity index (χ2n) is 4.09. The van der Waals surface area contributed by atoms with Crippen molar-refractivity contribution in [2.45, 2.75) is 24.8 Å². The van der Waals surface area contributed by atoms with Crippen LogP contribution < -0.4 is 5.32 Å². The van der Waals surface area contributed by atoms with Gasteiger partial charge in [-0.15, -0.1) is 0 Å². The molecule has 0 amide bonds. The molecule has 1 aromatic carbocycles. The number of aliphatic hydroxyl groups is 1. The summed E-state index contributed by atoms with van der Waals surface area (Å²) in [7, 11) is 0. The highest BCUT2D eigenvalue weighted by Gasteiger charge is 2.14. The van der Waals surface area contributed by atoms with Gasteiger partial charge in [-0.3, -0.25) is 0 Å². The van der Waals surface area contributed by atoms with Crippen LogP contribution in [0.15, 0.2) is 18.2 Å². The third-order valence-corrected chi connectivity index (χ3v) is 3.92. The summed E-state index contributed by atoms with van der Waals surface area (Å²) in [5, 5.41) is 21.2. The lowest BCUT2D eigenvalue weighted by Crippen LogP contribution is -2.37. The summed E-state index contributed by atoms with van der Waals surface area (Å²) in [6.07, 6.45) is 1.94. The van der Waals surface area contributed by atoms with Crippen molar-refractivity contribution in [2.24, 2.45) is 0 Å². The summed E-state index contributed by atoms with van der Waals surface area (Å²) < 4.78 is 13.2. The molecule has 2 N–H and O–H groups in total. The predicted octanol–water partition coefficient (Wildman–Crippen LogP) is 1.90. The van der Waals surface area contributed by atoms with Crippen molar-refractivity contribution in [2.75, 3.05) is 12.9 Å². The molecule has 1 aromatic rings. The van der Waals surface area contributed by atoms with Crippen molar-refractivity contribution in [3.63, 3.8) is 0 Å². The number of hydrogen-bond acceptors (Lipinski definition) is 4. The van der Waals surface area contributed by atoms with Gasteiger partial charge in [0.2, 0.25) is 0 Å². The monoisotopic (exact) mass is 268 g/mol. The van der Waals surface area contributed by atoms with Crippen LogP contribution in [0.1, 0.15) is 18.1 Å². The topological polar surface area (TPSA) is 56.0 Å². The van der Waals surface area contributed by atoms with Crippen molar-refractivity contribution < 1.29 is 9.50 Å². The summed E-state index contributed by atoms with van der Waals surface area (Å²) in [4.78, 5) is 0. The van der Waals surface area contributed by atoms with Crippen LogP contribution in [-0.4, -0.2) is 29.3 Å². The largest absolute Gasteiger partial charge is 0.395 e. The molecule has 98 valence electrons. The first-order chi connectivity index (χ1) is 8.60. The van der Waals surface area contributed by atoms with E-state index in [1.807, 2.05) is 19.2 Å². The molecule has 0 fully saturated rings. The normalized spacial score (nSPS) is 13.9. The zero-order valence-corrected chi connectivity index (χ0v) is 11.3. The van der Waals surface area contributed by atoms with E-state index in [4.69, 9.17) is 10.4 Å². The number of aliphatic hydroxyl groups excluding tert-OH is 1. The van der Waals surface area contributed by atoms with Crippen LogP contribution in [0.3, 0.4) is 0 Å². The maximum absolute atomic E-state index is 13.2. The van der Waals surface area contributed by atoms with E-state index in [9.17, 15) is 4.39 Å². The molecule has 0 aliphatic rings. The zero-order valence-electron chi connectivity index (χ0n) is 10.5. The van der Waals surface area contributed by atoms with Crippen LogP contribution in [0.25, 0.3) is 0 Å². The van der Waals surface area contributed by atoms with E-state index in [0.717, 1.165) is 5.56 Å². The Kier molecular flexibility index (Phi) is 6.13. The van der Waals surface area contributed by atoms with E-state index >= 15 is 0 Å².